The highest BCUT2D eigenvalue weighted by molar-refractivity contribution is 7.99. The molecule has 35 heavy (non-hydrogen) atoms. The average Bonchev–Trinajstić information content (AvgIpc) is 3.31. The molecule has 4 rings (SSSR count). The third kappa shape index (κ3) is 5.70. The van der Waals surface area contributed by atoms with Crippen LogP contribution in [0.15, 0.2) is 71.9 Å². The summed E-state index contributed by atoms with van der Waals surface area (Å²) < 4.78 is 17.6. The van der Waals surface area contributed by atoms with Crippen LogP contribution in [0.4, 0.5) is 5.69 Å². The highest BCUT2D eigenvalue weighted by atomic mass is 35.5. The zero-order valence-electron chi connectivity index (χ0n) is 19.3. The summed E-state index contributed by atoms with van der Waals surface area (Å²) in [6.07, 6.45) is 0. The Balaban J connectivity index is 1.58. The second kappa shape index (κ2) is 11.2. The Labute approximate surface area is 212 Å². The first-order valence-corrected chi connectivity index (χ1v) is 11.9. The Hall–Kier alpha value is -3.69. The van der Waals surface area contributed by atoms with Crippen molar-refractivity contribution in [2.24, 2.45) is 0 Å². The molecule has 0 saturated heterocycles. The topological polar surface area (TPSA) is 87.5 Å². The van der Waals surface area contributed by atoms with Gasteiger partial charge in [0.15, 0.2) is 11.0 Å². The maximum atomic E-state index is 12.6. The van der Waals surface area contributed by atoms with E-state index in [0.717, 1.165) is 22.7 Å². The second-order valence-electron chi connectivity index (χ2n) is 7.25. The van der Waals surface area contributed by atoms with Crippen LogP contribution in [0.25, 0.3) is 17.1 Å². The van der Waals surface area contributed by atoms with Crippen LogP contribution in [0.2, 0.25) is 5.02 Å². The molecule has 1 heterocycles. The fourth-order valence-corrected chi connectivity index (χ4v) is 4.34. The molecule has 180 valence electrons. The summed E-state index contributed by atoms with van der Waals surface area (Å²) in [7, 11) is 4.77. The third-order valence-corrected chi connectivity index (χ3v) is 6.30. The van der Waals surface area contributed by atoms with E-state index in [9.17, 15) is 4.79 Å². The predicted molar refractivity (Wildman–Crippen MR) is 137 cm³/mol. The lowest BCUT2D eigenvalue weighted by Gasteiger charge is -2.12. The van der Waals surface area contributed by atoms with Crippen molar-refractivity contribution < 1.29 is 19.0 Å². The molecule has 4 aromatic rings. The minimum Gasteiger partial charge on any atom is -0.497 e. The molecule has 1 aromatic heterocycles. The number of hydrogen-bond donors (Lipinski definition) is 1. The smallest absolute Gasteiger partial charge is 0.234 e. The van der Waals surface area contributed by atoms with E-state index in [4.69, 9.17) is 25.8 Å². The Bertz CT molecular complexity index is 1310. The first kappa shape index (κ1) is 24.4. The zero-order chi connectivity index (χ0) is 24.8. The molecule has 0 aliphatic heterocycles. The van der Waals surface area contributed by atoms with E-state index in [1.54, 1.807) is 32.4 Å². The van der Waals surface area contributed by atoms with Crippen LogP contribution in [-0.2, 0) is 4.79 Å². The monoisotopic (exact) mass is 510 g/mol. The molecule has 1 N–H and O–H groups in total. The van der Waals surface area contributed by atoms with Crippen molar-refractivity contribution in [3.8, 4) is 34.3 Å². The van der Waals surface area contributed by atoms with Crippen LogP contribution in [0, 0.1) is 0 Å². The van der Waals surface area contributed by atoms with Crippen LogP contribution >= 0.6 is 23.4 Å². The summed E-state index contributed by atoms with van der Waals surface area (Å²) in [5, 5.41) is 12.6. The van der Waals surface area contributed by atoms with E-state index in [-0.39, 0.29) is 11.7 Å². The lowest BCUT2D eigenvalue weighted by atomic mass is 10.2. The van der Waals surface area contributed by atoms with Crippen molar-refractivity contribution in [1.29, 1.82) is 0 Å². The van der Waals surface area contributed by atoms with E-state index in [2.05, 4.69) is 15.5 Å². The van der Waals surface area contributed by atoms with Crippen molar-refractivity contribution in [3.05, 3.63) is 71.8 Å². The van der Waals surface area contributed by atoms with Crippen molar-refractivity contribution >= 4 is 35.0 Å². The molecule has 3 aromatic carbocycles. The van der Waals surface area contributed by atoms with Gasteiger partial charge in [-0.2, -0.15) is 0 Å². The normalized spacial score (nSPS) is 10.6. The number of nitrogens with zero attached hydrogens (tertiary/aromatic N) is 3. The molecule has 0 unspecified atom stereocenters. The van der Waals surface area contributed by atoms with E-state index < -0.39 is 0 Å². The minimum absolute atomic E-state index is 0.126. The number of methoxy groups -OCH3 is 3. The van der Waals surface area contributed by atoms with Gasteiger partial charge in [0.25, 0.3) is 0 Å². The van der Waals surface area contributed by atoms with Gasteiger partial charge in [0.2, 0.25) is 5.91 Å². The van der Waals surface area contributed by atoms with Crippen molar-refractivity contribution in [2.45, 2.75) is 5.16 Å². The zero-order valence-corrected chi connectivity index (χ0v) is 20.9. The minimum atomic E-state index is -0.202. The third-order valence-electron chi connectivity index (χ3n) is 5.08. The largest absolute Gasteiger partial charge is 0.497 e. The molecule has 8 nitrogen and oxygen atoms in total. The van der Waals surface area contributed by atoms with Gasteiger partial charge in [0.1, 0.15) is 17.2 Å². The number of carbonyl (C=O) groups is 1. The number of anilines is 1. The lowest BCUT2D eigenvalue weighted by Crippen LogP contribution is -2.14. The van der Waals surface area contributed by atoms with Crippen LogP contribution in [0.1, 0.15) is 0 Å². The van der Waals surface area contributed by atoms with Gasteiger partial charge in [-0.15, -0.1) is 10.2 Å². The quantitative estimate of drug-likeness (QED) is 0.304. The number of benzene rings is 3. The number of aromatic nitrogens is 3. The molecule has 0 atom stereocenters. The Morgan fingerprint density at radius 1 is 0.914 bits per heavy atom. The Morgan fingerprint density at radius 2 is 1.57 bits per heavy atom. The molecule has 0 radical (unpaired) electrons. The fraction of sp³-hybridized carbons (Fsp3) is 0.160. The SMILES string of the molecule is COc1ccc(-c2nnc(SCC(=O)Nc3ccc(OC)c(Cl)c3)n2-c2ccc(OC)cc2)cc1. The molecule has 0 saturated carbocycles. The number of halogens is 1. The molecule has 10 heteroatoms. The Kier molecular flexibility index (Phi) is 7.79. The number of carbonyl (C=O) groups excluding carboxylic acids is 1. The van der Waals surface area contributed by atoms with Crippen molar-refractivity contribution in [2.75, 3.05) is 32.4 Å². The molecule has 1 amide bonds. The second-order valence-corrected chi connectivity index (χ2v) is 8.60. The number of amides is 1. The summed E-state index contributed by atoms with van der Waals surface area (Å²) in [4.78, 5) is 12.6. The van der Waals surface area contributed by atoms with Gasteiger partial charge in [0.05, 0.1) is 32.1 Å². The summed E-state index contributed by atoms with van der Waals surface area (Å²) in [6, 6.07) is 20.2. The number of hydrogen-bond acceptors (Lipinski definition) is 7. The first-order chi connectivity index (χ1) is 17.0. The molecular weight excluding hydrogens is 488 g/mol. The van der Waals surface area contributed by atoms with Gasteiger partial charge in [-0.1, -0.05) is 23.4 Å². The van der Waals surface area contributed by atoms with Gasteiger partial charge in [-0.05, 0) is 66.7 Å². The van der Waals surface area contributed by atoms with Crippen LogP contribution in [-0.4, -0.2) is 47.8 Å². The first-order valence-electron chi connectivity index (χ1n) is 10.5. The van der Waals surface area contributed by atoms with Gasteiger partial charge < -0.3 is 19.5 Å². The summed E-state index contributed by atoms with van der Waals surface area (Å²) >= 11 is 7.43. The average molecular weight is 511 g/mol. The summed E-state index contributed by atoms with van der Waals surface area (Å²) in [5.41, 5.74) is 2.28. The van der Waals surface area contributed by atoms with Crippen molar-refractivity contribution in [3.63, 3.8) is 0 Å². The highest BCUT2D eigenvalue weighted by Gasteiger charge is 2.18. The standard InChI is InChI=1S/C25H23ClN4O4S/c1-32-19-9-4-16(5-10-19)24-28-29-25(30(24)18-7-11-20(33-2)12-8-18)35-15-23(31)27-17-6-13-22(34-3)21(26)14-17/h4-14H,15H2,1-3H3,(H,27,31). The van der Waals surface area contributed by atoms with Gasteiger partial charge in [-0.25, -0.2) is 0 Å². The van der Waals surface area contributed by atoms with Gasteiger partial charge >= 0.3 is 0 Å². The number of nitrogens with one attached hydrogen (secondary N) is 1. The van der Waals surface area contributed by atoms with Crippen LogP contribution < -0.4 is 19.5 Å². The maximum Gasteiger partial charge on any atom is 0.234 e. The number of rotatable bonds is 9. The predicted octanol–water partition coefficient (Wildman–Crippen LogP) is 5.34. The maximum absolute atomic E-state index is 12.6. The molecule has 0 fully saturated rings. The van der Waals surface area contributed by atoms with Crippen LogP contribution in [0.3, 0.4) is 0 Å². The summed E-state index contributed by atoms with van der Waals surface area (Å²) in [6.45, 7) is 0. The molecular formula is C25H23ClN4O4S. The lowest BCUT2D eigenvalue weighted by molar-refractivity contribution is -0.113. The molecule has 0 spiro atoms. The van der Waals surface area contributed by atoms with Crippen LogP contribution in [0.5, 0.6) is 17.2 Å². The number of thioether (sulfide) groups is 1. The Morgan fingerprint density at radius 3 is 2.17 bits per heavy atom. The number of ether oxygens (including phenoxy) is 3. The molecule has 0 bridgehead atoms. The van der Waals surface area contributed by atoms with E-state index >= 15 is 0 Å². The highest BCUT2D eigenvalue weighted by Crippen LogP contribution is 2.31. The molecule has 0 aliphatic carbocycles. The van der Waals surface area contributed by atoms with E-state index in [1.165, 1.54) is 18.9 Å². The van der Waals surface area contributed by atoms with E-state index in [1.807, 2.05) is 53.1 Å². The van der Waals surface area contributed by atoms with Gasteiger partial charge in [0, 0.05) is 16.9 Å². The summed E-state index contributed by atoms with van der Waals surface area (Å²) in [5.74, 6) is 2.58. The fourth-order valence-electron chi connectivity index (χ4n) is 3.33. The van der Waals surface area contributed by atoms with Gasteiger partial charge in [-0.3, -0.25) is 9.36 Å². The van der Waals surface area contributed by atoms with E-state index in [0.29, 0.717) is 27.4 Å². The van der Waals surface area contributed by atoms with Crippen molar-refractivity contribution in [1.82, 2.24) is 14.8 Å². The molecule has 0 aliphatic rings.